The standard InChI is InChI=1S/C17H19FN2O5S2/c1-25-14-6-8-15(9-7-14)26(21,22)19-10-12-20(13-11-19)27(23,24)17-5-3-2-4-16(17)18/h2-9H,10-13H2,1H3. The van der Waals surface area contributed by atoms with E-state index in [1.807, 2.05) is 0 Å². The molecule has 7 nitrogen and oxygen atoms in total. The lowest BCUT2D eigenvalue weighted by Crippen LogP contribution is -2.50. The van der Waals surface area contributed by atoms with Gasteiger partial charge in [-0.05, 0) is 36.4 Å². The quantitative estimate of drug-likeness (QED) is 0.741. The summed E-state index contributed by atoms with van der Waals surface area (Å²) in [6.45, 7) is -0.123. The molecule has 0 aromatic heterocycles. The van der Waals surface area contributed by atoms with Gasteiger partial charge in [0.15, 0.2) is 0 Å². The first-order chi connectivity index (χ1) is 12.8. The molecule has 1 heterocycles. The van der Waals surface area contributed by atoms with Crippen molar-refractivity contribution in [2.45, 2.75) is 9.79 Å². The Bertz CT molecular complexity index is 1020. The van der Waals surface area contributed by atoms with Gasteiger partial charge in [-0.25, -0.2) is 21.2 Å². The Labute approximate surface area is 158 Å². The molecule has 0 N–H and O–H groups in total. The van der Waals surface area contributed by atoms with Gasteiger partial charge in [0.25, 0.3) is 0 Å². The summed E-state index contributed by atoms with van der Waals surface area (Å²) in [4.78, 5) is -0.301. The summed E-state index contributed by atoms with van der Waals surface area (Å²) >= 11 is 0. The van der Waals surface area contributed by atoms with Crippen molar-refractivity contribution in [2.24, 2.45) is 0 Å². The highest BCUT2D eigenvalue weighted by atomic mass is 32.2. The van der Waals surface area contributed by atoms with E-state index in [9.17, 15) is 21.2 Å². The Kier molecular flexibility index (Phi) is 5.52. The molecule has 146 valence electrons. The molecule has 1 saturated heterocycles. The molecule has 1 aliphatic rings. The summed E-state index contributed by atoms with van der Waals surface area (Å²) < 4.78 is 71.9. The number of ether oxygens (including phenoxy) is 1. The van der Waals surface area contributed by atoms with E-state index in [4.69, 9.17) is 4.74 Å². The molecule has 0 amide bonds. The van der Waals surface area contributed by atoms with E-state index in [1.54, 1.807) is 12.1 Å². The van der Waals surface area contributed by atoms with Crippen LogP contribution >= 0.6 is 0 Å². The SMILES string of the molecule is COc1ccc(S(=O)(=O)N2CCN(S(=O)(=O)c3ccccc3F)CC2)cc1. The Morgan fingerprint density at radius 3 is 1.85 bits per heavy atom. The molecule has 1 aliphatic heterocycles. The second-order valence-corrected chi connectivity index (χ2v) is 9.76. The van der Waals surface area contributed by atoms with Crippen molar-refractivity contribution >= 4 is 20.0 Å². The van der Waals surface area contributed by atoms with Gasteiger partial charge in [-0.15, -0.1) is 0 Å². The summed E-state index contributed by atoms with van der Waals surface area (Å²) in [7, 11) is -6.28. The molecule has 10 heteroatoms. The number of rotatable bonds is 5. The van der Waals surface area contributed by atoms with Gasteiger partial charge in [-0.2, -0.15) is 8.61 Å². The van der Waals surface area contributed by atoms with Crippen molar-refractivity contribution in [2.75, 3.05) is 33.3 Å². The van der Waals surface area contributed by atoms with Gasteiger partial charge in [0.2, 0.25) is 20.0 Å². The molecular weight excluding hydrogens is 395 g/mol. The average molecular weight is 414 g/mol. The molecule has 2 aromatic rings. The fraction of sp³-hybridized carbons (Fsp3) is 0.294. The summed E-state index contributed by atoms with van der Waals surface area (Å²) in [5.74, 6) is -0.291. The van der Waals surface area contributed by atoms with Crippen LogP contribution in [-0.4, -0.2) is 58.7 Å². The van der Waals surface area contributed by atoms with E-state index < -0.39 is 30.8 Å². The first kappa shape index (κ1) is 19.7. The van der Waals surface area contributed by atoms with Crippen molar-refractivity contribution < 1.29 is 26.0 Å². The Balaban J connectivity index is 1.75. The highest BCUT2D eigenvalue weighted by Crippen LogP contribution is 2.24. The van der Waals surface area contributed by atoms with Gasteiger partial charge >= 0.3 is 0 Å². The van der Waals surface area contributed by atoms with Crippen LogP contribution in [0.15, 0.2) is 58.3 Å². The fourth-order valence-electron chi connectivity index (χ4n) is 2.84. The third-order valence-electron chi connectivity index (χ3n) is 4.35. The first-order valence-corrected chi connectivity index (χ1v) is 11.0. The zero-order valence-electron chi connectivity index (χ0n) is 14.6. The topological polar surface area (TPSA) is 84.0 Å². The summed E-state index contributed by atoms with van der Waals surface area (Å²) in [6, 6.07) is 11.1. The molecule has 27 heavy (non-hydrogen) atoms. The number of benzene rings is 2. The third-order valence-corrected chi connectivity index (χ3v) is 8.19. The number of sulfonamides is 2. The minimum Gasteiger partial charge on any atom is -0.497 e. The molecular formula is C17H19FN2O5S2. The van der Waals surface area contributed by atoms with Crippen LogP contribution in [0.2, 0.25) is 0 Å². The summed E-state index contributed by atoms with van der Waals surface area (Å²) in [5, 5.41) is 0. The molecule has 0 saturated carbocycles. The van der Waals surface area contributed by atoms with Crippen molar-refractivity contribution in [3.63, 3.8) is 0 Å². The highest BCUT2D eigenvalue weighted by molar-refractivity contribution is 7.89. The maximum absolute atomic E-state index is 13.9. The number of piperazine rings is 1. The smallest absolute Gasteiger partial charge is 0.246 e. The van der Waals surface area contributed by atoms with Gasteiger partial charge in [-0.1, -0.05) is 12.1 Å². The van der Waals surface area contributed by atoms with Gasteiger partial charge < -0.3 is 4.74 Å². The first-order valence-electron chi connectivity index (χ1n) is 8.16. The van der Waals surface area contributed by atoms with Gasteiger partial charge in [0.05, 0.1) is 12.0 Å². The van der Waals surface area contributed by atoms with Crippen molar-refractivity contribution in [3.05, 3.63) is 54.3 Å². The van der Waals surface area contributed by atoms with Crippen LogP contribution in [0.4, 0.5) is 4.39 Å². The zero-order chi connectivity index (χ0) is 19.7. The molecule has 0 atom stereocenters. The number of hydrogen-bond acceptors (Lipinski definition) is 5. The molecule has 0 spiro atoms. The fourth-order valence-corrected chi connectivity index (χ4v) is 5.75. The lowest BCUT2D eigenvalue weighted by atomic mass is 10.3. The van der Waals surface area contributed by atoms with Crippen molar-refractivity contribution in [1.82, 2.24) is 8.61 Å². The molecule has 2 aromatic carbocycles. The normalized spacial score (nSPS) is 17.0. The Morgan fingerprint density at radius 1 is 0.815 bits per heavy atom. The van der Waals surface area contributed by atoms with E-state index in [0.717, 1.165) is 10.4 Å². The highest BCUT2D eigenvalue weighted by Gasteiger charge is 2.34. The van der Waals surface area contributed by atoms with Crippen LogP contribution in [0, 0.1) is 5.82 Å². The van der Waals surface area contributed by atoms with E-state index >= 15 is 0 Å². The van der Waals surface area contributed by atoms with Crippen LogP contribution in [0.3, 0.4) is 0 Å². The van der Waals surface area contributed by atoms with E-state index in [0.29, 0.717) is 5.75 Å². The molecule has 1 fully saturated rings. The predicted molar refractivity (Wildman–Crippen MR) is 96.9 cm³/mol. The van der Waals surface area contributed by atoms with E-state index in [2.05, 4.69) is 0 Å². The molecule has 3 rings (SSSR count). The molecule has 0 radical (unpaired) electrons. The van der Waals surface area contributed by atoms with Crippen LogP contribution in [-0.2, 0) is 20.0 Å². The molecule has 0 unspecified atom stereocenters. The van der Waals surface area contributed by atoms with Crippen molar-refractivity contribution in [3.8, 4) is 5.75 Å². The van der Waals surface area contributed by atoms with Gasteiger partial charge in [0.1, 0.15) is 16.5 Å². The van der Waals surface area contributed by atoms with Crippen LogP contribution < -0.4 is 4.74 Å². The second-order valence-electron chi connectivity index (χ2n) is 5.91. The minimum atomic E-state index is -4.01. The monoisotopic (exact) mass is 414 g/mol. The predicted octanol–water partition coefficient (Wildman–Crippen LogP) is 1.53. The largest absolute Gasteiger partial charge is 0.497 e. The van der Waals surface area contributed by atoms with E-state index in [1.165, 1.54) is 41.7 Å². The number of nitrogens with zero attached hydrogens (tertiary/aromatic N) is 2. The van der Waals surface area contributed by atoms with Crippen LogP contribution in [0.5, 0.6) is 5.75 Å². The molecule has 0 bridgehead atoms. The van der Waals surface area contributed by atoms with Crippen molar-refractivity contribution in [1.29, 1.82) is 0 Å². The number of methoxy groups -OCH3 is 1. The van der Waals surface area contributed by atoms with Gasteiger partial charge in [-0.3, -0.25) is 0 Å². The number of hydrogen-bond donors (Lipinski definition) is 0. The average Bonchev–Trinajstić information content (AvgIpc) is 2.68. The van der Waals surface area contributed by atoms with Crippen LogP contribution in [0.25, 0.3) is 0 Å². The number of halogens is 1. The summed E-state index contributed by atoms with van der Waals surface area (Å²) in [6.07, 6.45) is 0. The maximum Gasteiger partial charge on any atom is 0.246 e. The summed E-state index contributed by atoms with van der Waals surface area (Å²) in [5.41, 5.74) is 0. The Morgan fingerprint density at radius 2 is 1.33 bits per heavy atom. The maximum atomic E-state index is 13.9. The molecule has 0 aliphatic carbocycles. The van der Waals surface area contributed by atoms with Gasteiger partial charge in [0, 0.05) is 26.2 Å². The lowest BCUT2D eigenvalue weighted by molar-refractivity contribution is 0.272. The second kappa shape index (κ2) is 7.55. The Hall–Kier alpha value is -2.01. The lowest BCUT2D eigenvalue weighted by Gasteiger charge is -2.33. The minimum absolute atomic E-state index is 0.0119. The van der Waals surface area contributed by atoms with E-state index in [-0.39, 0.29) is 31.1 Å². The third kappa shape index (κ3) is 3.84. The van der Waals surface area contributed by atoms with Crippen LogP contribution in [0.1, 0.15) is 0 Å². The zero-order valence-corrected chi connectivity index (χ0v) is 16.2.